The molecule has 2 saturated carbocycles. The second-order valence-corrected chi connectivity index (χ2v) is 9.51. The third kappa shape index (κ3) is 4.21. The molecule has 0 atom stereocenters. The van der Waals surface area contributed by atoms with Gasteiger partial charge in [-0.25, -0.2) is 13.2 Å². The predicted molar refractivity (Wildman–Crippen MR) is 82.1 cm³/mol. The molecule has 1 amide bonds. The molecule has 0 radical (unpaired) electrons. The highest BCUT2D eigenvalue weighted by Crippen LogP contribution is 2.50. The van der Waals surface area contributed by atoms with E-state index in [0.29, 0.717) is 31.6 Å². The highest BCUT2D eigenvalue weighted by Gasteiger charge is 2.49. The summed E-state index contributed by atoms with van der Waals surface area (Å²) in [6.45, 7) is 2.08. The monoisotopic (exact) mass is 331 g/mol. The van der Waals surface area contributed by atoms with Crippen LogP contribution in [0.3, 0.4) is 0 Å². The zero-order valence-corrected chi connectivity index (χ0v) is 14.0. The molecule has 2 fully saturated rings. The van der Waals surface area contributed by atoms with E-state index in [4.69, 9.17) is 0 Å². The summed E-state index contributed by atoms with van der Waals surface area (Å²) >= 11 is 0. The van der Waals surface area contributed by atoms with E-state index in [-0.39, 0.29) is 18.1 Å². The molecule has 0 bridgehead atoms. The van der Waals surface area contributed by atoms with Gasteiger partial charge in [0.25, 0.3) is 0 Å². The van der Waals surface area contributed by atoms with Crippen molar-refractivity contribution >= 4 is 21.7 Å². The Bertz CT molecular complexity index is 556. The molecule has 0 heterocycles. The molecule has 2 aliphatic carbocycles. The SMILES string of the molecule is CC1CCC(NC(=O)CC2(CS(C)(=O)=O)CC2)(C(=O)O)CC1. The van der Waals surface area contributed by atoms with Gasteiger partial charge < -0.3 is 10.4 Å². The lowest BCUT2D eigenvalue weighted by molar-refractivity contribution is -0.149. The summed E-state index contributed by atoms with van der Waals surface area (Å²) in [4.78, 5) is 23.9. The molecule has 0 aromatic heterocycles. The van der Waals surface area contributed by atoms with Gasteiger partial charge >= 0.3 is 5.97 Å². The molecular weight excluding hydrogens is 306 g/mol. The van der Waals surface area contributed by atoms with Crippen LogP contribution in [-0.4, -0.2) is 42.9 Å². The Morgan fingerprint density at radius 2 is 1.73 bits per heavy atom. The molecule has 0 spiro atoms. The number of rotatable bonds is 6. The highest BCUT2D eigenvalue weighted by molar-refractivity contribution is 7.90. The summed E-state index contributed by atoms with van der Waals surface area (Å²) in [6, 6.07) is 0. The van der Waals surface area contributed by atoms with E-state index >= 15 is 0 Å². The van der Waals surface area contributed by atoms with E-state index in [1.165, 1.54) is 6.26 Å². The lowest BCUT2D eigenvalue weighted by Gasteiger charge is -2.36. The first-order valence-corrected chi connectivity index (χ1v) is 9.84. The number of nitrogens with one attached hydrogen (secondary N) is 1. The quantitative estimate of drug-likeness (QED) is 0.765. The molecule has 22 heavy (non-hydrogen) atoms. The standard InChI is InChI=1S/C15H25NO5S/c1-11-3-5-15(6-4-11,13(18)19)16-12(17)9-14(7-8-14)10-22(2,20)21/h11H,3-10H2,1-2H3,(H,16,17)(H,18,19). The van der Waals surface area contributed by atoms with Gasteiger partial charge in [0.05, 0.1) is 5.75 Å². The first-order valence-electron chi connectivity index (χ1n) is 7.78. The van der Waals surface area contributed by atoms with Gasteiger partial charge in [-0.2, -0.15) is 0 Å². The molecule has 0 unspecified atom stereocenters. The molecule has 0 aromatic carbocycles. The van der Waals surface area contributed by atoms with Gasteiger partial charge in [-0.15, -0.1) is 0 Å². The first kappa shape index (κ1) is 17.2. The summed E-state index contributed by atoms with van der Waals surface area (Å²) in [7, 11) is -3.13. The zero-order valence-electron chi connectivity index (χ0n) is 13.2. The Balaban J connectivity index is 1.99. The summed E-state index contributed by atoms with van der Waals surface area (Å²) in [6.07, 6.45) is 5.14. The number of carbonyl (C=O) groups is 2. The number of carboxylic acid groups (broad SMARTS) is 1. The predicted octanol–water partition coefficient (Wildman–Crippen LogP) is 1.35. The average Bonchev–Trinajstić information content (AvgIpc) is 3.08. The van der Waals surface area contributed by atoms with E-state index in [1.54, 1.807) is 0 Å². The van der Waals surface area contributed by atoms with Crippen molar-refractivity contribution in [1.29, 1.82) is 0 Å². The minimum Gasteiger partial charge on any atom is -0.480 e. The van der Waals surface area contributed by atoms with Crippen LogP contribution in [0.4, 0.5) is 0 Å². The lowest BCUT2D eigenvalue weighted by atomic mass is 9.77. The fourth-order valence-corrected chi connectivity index (χ4v) is 4.91. The molecule has 6 nitrogen and oxygen atoms in total. The Hall–Kier alpha value is -1.11. The number of hydrogen-bond donors (Lipinski definition) is 2. The number of hydrogen-bond acceptors (Lipinski definition) is 4. The van der Waals surface area contributed by atoms with Crippen LogP contribution in [0.1, 0.15) is 51.9 Å². The molecular formula is C15H25NO5S. The van der Waals surface area contributed by atoms with Crippen LogP contribution < -0.4 is 5.32 Å². The topological polar surface area (TPSA) is 101 Å². The van der Waals surface area contributed by atoms with Gasteiger partial charge in [0.1, 0.15) is 15.4 Å². The van der Waals surface area contributed by atoms with Crippen molar-refractivity contribution in [2.75, 3.05) is 12.0 Å². The van der Waals surface area contributed by atoms with Gasteiger partial charge in [0, 0.05) is 12.7 Å². The van der Waals surface area contributed by atoms with Crippen molar-refractivity contribution in [1.82, 2.24) is 5.32 Å². The lowest BCUT2D eigenvalue weighted by Crippen LogP contribution is -2.56. The Morgan fingerprint density at radius 1 is 1.18 bits per heavy atom. The number of sulfone groups is 1. The molecule has 7 heteroatoms. The molecule has 0 aliphatic heterocycles. The first-order chi connectivity index (χ1) is 10.1. The largest absolute Gasteiger partial charge is 0.480 e. The average molecular weight is 331 g/mol. The second-order valence-electron chi connectivity index (χ2n) is 7.36. The van der Waals surface area contributed by atoms with E-state index in [2.05, 4.69) is 12.2 Å². The maximum absolute atomic E-state index is 12.3. The molecule has 2 rings (SSSR count). The van der Waals surface area contributed by atoms with Crippen LogP contribution in [0.2, 0.25) is 0 Å². The maximum atomic E-state index is 12.3. The molecule has 2 N–H and O–H groups in total. The Morgan fingerprint density at radius 3 is 2.14 bits per heavy atom. The van der Waals surface area contributed by atoms with Crippen molar-refractivity contribution in [2.24, 2.45) is 11.3 Å². The van der Waals surface area contributed by atoms with Crippen LogP contribution in [0, 0.1) is 11.3 Å². The fraction of sp³-hybridized carbons (Fsp3) is 0.867. The third-order valence-corrected chi connectivity index (χ3v) is 6.11. The number of carbonyl (C=O) groups excluding carboxylic acids is 1. The van der Waals surface area contributed by atoms with Gasteiger partial charge in [-0.1, -0.05) is 6.92 Å². The van der Waals surface area contributed by atoms with Gasteiger partial charge in [0.2, 0.25) is 5.91 Å². The molecule has 126 valence electrons. The van der Waals surface area contributed by atoms with E-state index in [1.807, 2.05) is 0 Å². The van der Waals surface area contributed by atoms with Gasteiger partial charge in [-0.3, -0.25) is 4.79 Å². The number of aliphatic carboxylic acids is 1. The van der Waals surface area contributed by atoms with E-state index in [0.717, 1.165) is 12.8 Å². The summed E-state index contributed by atoms with van der Waals surface area (Å²) in [5.41, 5.74) is -1.65. The Kier molecular flexibility index (Phi) is 4.57. The Labute approximate surface area is 131 Å². The van der Waals surface area contributed by atoms with Crippen molar-refractivity contribution in [3.63, 3.8) is 0 Å². The molecule has 0 saturated heterocycles. The summed E-state index contributed by atoms with van der Waals surface area (Å²) < 4.78 is 22.9. The van der Waals surface area contributed by atoms with Crippen LogP contribution in [0.5, 0.6) is 0 Å². The van der Waals surface area contributed by atoms with Gasteiger partial charge in [0.15, 0.2) is 0 Å². The van der Waals surface area contributed by atoms with Crippen molar-refractivity contribution in [2.45, 2.75) is 57.4 Å². The van der Waals surface area contributed by atoms with Gasteiger partial charge in [-0.05, 0) is 49.9 Å². The van der Waals surface area contributed by atoms with Crippen LogP contribution in [0.25, 0.3) is 0 Å². The minimum atomic E-state index is -3.13. The van der Waals surface area contributed by atoms with E-state index < -0.39 is 26.8 Å². The summed E-state index contributed by atoms with van der Waals surface area (Å²) in [5, 5.41) is 12.2. The van der Waals surface area contributed by atoms with Crippen LogP contribution >= 0.6 is 0 Å². The van der Waals surface area contributed by atoms with Crippen molar-refractivity contribution < 1.29 is 23.1 Å². The fourth-order valence-electron chi connectivity index (χ4n) is 3.40. The maximum Gasteiger partial charge on any atom is 0.329 e. The molecule has 0 aromatic rings. The van der Waals surface area contributed by atoms with Crippen molar-refractivity contribution in [3.8, 4) is 0 Å². The van der Waals surface area contributed by atoms with Crippen molar-refractivity contribution in [3.05, 3.63) is 0 Å². The minimum absolute atomic E-state index is 0.00449. The van der Waals surface area contributed by atoms with Crippen LogP contribution in [0.15, 0.2) is 0 Å². The normalized spacial score (nSPS) is 30.5. The van der Waals surface area contributed by atoms with E-state index in [9.17, 15) is 23.1 Å². The number of amides is 1. The zero-order chi connectivity index (χ0) is 16.6. The van der Waals surface area contributed by atoms with Crippen LogP contribution in [-0.2, 0) is 19.4 Å². The number of carboxylic acids is 1. The summed E-state index contributed by atoms with van der Waals surface area (Å²) in [5.74, 6) is -0.840. The highest BCUT2D eigenvalue weighted by atomic mass is 32.2. The second kappa shape index (κ2) is 5.83. The third-order valence-electron chi connectivity index (χ3n) is 4.98. The molecule has 2 aliphatic rings. The smallest absolute Gasteiger partial charge is 0.329 e.